The number of anilines is 1. The number of nitrogens with zero attached hydrogens (tertiary/aromatic N) is 3. The lowest BCUT2D eigenvalue weighted by Crippen LogP contribution is -2.30. The van der Waals surface area contributed by atoms with Crippen molar-refractivity contribution in [3.63, 3.8) is 0 Å². The van der Waals surface area contributed by atoms with Crippen molar-refractivity contribution in [2.45, 2.75) is 25.8 Å². The van der Waals surface area contributed by atoms with Crippen molar-refractivity contribution >= 4 is 27.4 Å². The normalized spacial score (nSPS) is 17.2. The Bertz CT molecular complexity index is 532. The lowest BCUT2D eigenvalue weighted by Gasteiger charge is -2.25. The molecule has 0 saturated carbocycles. The van der Waals surface area contributed by atoms with E-state index in [-0.39, 0.29) is 0 Å². The molecular weight excluding hydrogens is 246 g/mol. The molecule has 5 nitrogen and oxygen atoms in total. The molecule has 0 radical (unpaired) electrons. The Kier molecular flexibility index (Phi) is 3.40. The molecule has 18 heavy (non-hydrogen) atoms. The molecule has 1 saturated heterocycles. The summed E-state index contributed by atoms with van der Waals surface area (Å²) < 4.78 is 0. The molecule has 0 aromatic carbocycles. The van der Waals surface area contributed by atoms with Gasteiger partial charge in [0.1, 0.15) is 10.7 Å². The topological polar surface area (TPSA) is 67.1 Å². The summed E-state index contributed by atoms with van der Waals surface area (Å²) in [4.78, 5) is 12.5. The van der Waals surface area contributed by atoms with Crippen molar-refractivity contribution in [2.75, 3.05) is 18.5 Å². The molecule has 0 amide bonds. The fourth-order valence-electron chi connectivity index (χ4n) is 2.40. The van der Waals surface area contributed by atoms with Crippen LogP contribution in [0.3, 0.4) is 0 Å². The minimum Gasteiger partial charge on any atom is -0.308 e. The fraction of sp³-hybridized carbons (Fsp3) is 0.500. The molecule has 2 aromatic rings. The summed E-state index contributed by atoms with van der Waals surface area (Å²) in [7, 11) is 0. The van der Waals surface area contributed by atoms with Gasteiger partial charge in [-0.05, 0) is 37.4 Å². The van der Waals surface area contributed by atoms with Crippen LogP contribution >= 0.6 is 11.3 Å². The maximum absolute atomic E-state index is 5.53. The van der Waals surface area contributed by atoms with Crippen molar-refractivity contribution in [3.05, 3.63) is 17.3 Å². The second kappa shape index (κ2) is 5.17. The third-order valence-electron chi connectivity index (χ3n) is 3.32. The Labute approximate surface area is 110 Å². The summed E-state index contributed by atoms with van der Waals surface area (Å²) in [6.45, 7) is 3.12. The number of hydrazine groups is 1. The van der Waals surface area contributed by atoms with Gasteiger partial charge in [-0.1, -0.05) is 6.42 Å². The molecule has 1 aliphatic rings. The van der Waals surface area contributed by atoms with Crippen LogP contribution in [0.1, 0.15) is 25.1 Å². The Hall–Kier alpha value is -1.24. The van der Waals surface area contributed by atoms with Crippen LogP contribution in [0, 0.1) is 0 Å². The van der Waals surface area contributed by atoms with E-state index in [0.717, 1.165) is 41.5 Å². The molecular formula is C12H17N5S. The zero-order valence-corrected chi connectivity index (χ0v) is 11.0. The van der Waals surface area contributed by atoms with Gasteiger partial charge in [-0.15, -0.1) is 11.3 Å². The van der Waals surface area contributed by atoms with Gasteiger partial charge >= 0.3 is 0 Å². The van der Waals surface area contributed by atoms with Crippen molar-refractivity contribution in [1.29, 1.82) is 0 Å². The second-order valence-electron chi connectivity index (χ2n) is 4.61. The largest absolute Gasteiger partial charge is 0.308 e. The maximum Gasteiger partial charge on any atom is 0.152 e. The molecule has 96 valence electrons. The smallest absolute Gasteiger partial charge is 0.152 e. The highest BCUT2D eigenvalue weighted by molar-refractivity contribution is 7.16. The van der Waals surface area contributed by atoms with E-state index >= 15 is 0 Å². The van der Waals surface area contributed by atoms with E-state index in [9.17, 15) is 0 Å². The molecule has 0 bridgehead atoms. The monoisotopic (exact) mass is 263 g/mol. The van der Waals surface area contributed by atoms with Crippen LogP contribution in [-0.4, -0.2) is 28.0 Å². The van der Waals surface area contributed by atoms with E-state index < -0.39 is 0 Å². The Morgan fingerprint density at radius 2 is 2.11 bits per heavy atom. The summed E-state index contributed by atoms with van der Waals surface area (Å²) in [5, 5.41) is 3.02. The molecule has 3 rings (SSSR count). The van der Waals surface area contributed by atoms with E-state index in [1.165, 1.54) is 19.3 Å². The minimum atomic E-state index is 0.730. The third-order valence-corrected chi connectivity index (χ3v) is 4.13. The van der Waals surface area contributed by atoms with Gasteiger partial charge in [0.05, 0.1) is 11.9 Å². The van der Waals surface area contributed by atoms with E-state index in [0.29, 0.717) is 0 Å². The van der Waals surface area contributed by atoms with Gasteiger partial charge in [0, 0.05) is 0 Å². The van der Waals surface area contributed by atoms with Gasteiger partial charge in [-0.3, -0.25) is 4.90 Å². The number of thiophene rings is 1. The zero-order valence-electron chi connectivity index (χ0n) is 10.2. The number of aromatic nitrogens is 2. The molecule has 1 fully saturated rings. The van der Waals surface area contributed by atoms with Gasteiger partial charge in [0.2, 0.25) is 0 Å². The fourth-order valence-corrected chi connectivity index (χ4v) is 3.18. The first-order valence-electron chi connectivity index (χ1n) is 6.30. The maximum atomic E-state index is 5.53. The molecule has 3 N–H and O–H groups in total. The molecule has 1 aliphatic heterocycles. The molecule has 3 heterocycles. The number of nitrogens with two attached hydrogens (primary N) is 1. The van der Waals surface area contributed by atoms with Crippen molar-refractivity contribution < 1.29 is 0 Å². The zero-order chi connectivity index (χ0) is 12.4. The summed E-state index contributed by atoms with van der Waals surface area (Å²) in [6.07, 6.45) is 3.91. The Morgan fingerprint density at radius 1 is 1.28 bits per heavy atom. The van der Waals surface area contributed by atoms with Gasteiger partial charge in [0.25, 0.3) is 0 Å². The number of piperidine rings is 1. The van der Waals surface area contributed by atoms with E-state index in [1.54, 1.807) is 11.3 Å². The van der Waals surface area contributed by atoms with E-state index in [4.69, 9.17) is 5.84 Å². The van der Waals surface area contributed by atoms with Crippen LogP contribution in [0.25, 0.3) is 10.2 Å². The lowest BCUT2D eigenvalue weighted by molar-refractivity contribution is 0.216. The highest BCUT2D eigenvalue weighted by Crippen LogP contribution is 2.25. The van der Waals surface area contributed by atoms with E-state index in [2.05, 4.69) is 20.3 Å². The third kappa shape index (κ3) is 2.31. The predicted molar refractivity (Wildman–Crippen MR) is 74.4 cm³/mol. The van der Waals surface area contributed by atoms with Gasteiger partial charge in [-0.25, -0.2) is 15.8 Å². The number of hydrogen-bond donors (Lipinski definition) is 2. The number of fused-ring (bicyclic) bond motifs is 1. The molecule has 2 aromatic heterocycles. The van der Waals surface area contributed by atoms with Gasteiger partial charge in [0.15, 0.2) is 5.82 Å². The van der Waals surface area contributed by atoms with Crippen LogP contribution in [0.15, 0.2) is 11.4 Å². The number of hydrogen-bond acceptors (Lipinski definition) is 6. The van der Waals surface area contributed by atoms with Crippen LogP contribution in [0.4, 0.5) is 5.82 Å². The SMILES string of the molecule is NNc1nc(CN2CCCCC2)nc2sccc12. The Morgan fingerprint density at radius 3 is 2.89 bits per heavy atom. The van der Waals surface area contributed by atoms with Crippen molar-refractivity contribution in [1.82, 2.24) is 14.9 Å². The van der Waals surface area contributed by atoms with Gasteiger partial charge in [-0.2, -0.15) is 0 Å². The number of nitrogens with one attached hydrogen (secondary N) is 1. The summed E-state index contributed by atoms with van der Waals surface area (Å²) in [5.41, 5.74) is 2.67. The quantitative estimate of drug-likeness (QED) is 0.654. The summed E-state index contributed by atoms with van der Waals surface area (Å²) in [6, 6.07) is 2.00. The molecule has 0 unspecified atom stereocenters. The second-order valence-corrected chi connectivity index (χ2v) is 5.50. The van der Waals surface area contributed by atoms with Crippen LogP contribution in [-0.2, 0) is 6.54 Å². The number of nitrogen functional groups attached to an aromatic ring is 1. The van der Waals surface area contributed by atoms with Crippen LogP contribution in [0.2, 0.25) is 0 Å². The first-order valence-corrected chi connectivity index (χ1v) is 7.18. The van der Waals surface area contributed by atoms with Crippen LogP contribution < -0.4 is 11.3 Å². The standard InChI is InChI=1S/C12H17N5S/c13-16-11-9-4-7-18-12(9)15-10(14-11)8-17-5-2-1-3-6-17/h4,7H,1-3,5-6,8,13H2,(H,14,15,16). The average Bonchev–Trinajstić information content (AvgIpc) is 2.87. The van der Waals surface area contributed by atoms with Gasteiger partial charge < -0.3 is 5.43 Å². The lowest BCUT2D eigenvalue weighted by atomic mass is 10.1. The predicted octanol–water partition coefficient (Wildman–Crippen LogP) is 1.96. The first-order chi connectivity index (χ1) is 8.86. The highest BCUT2D eigenvalue weighted by Gasteiger charge is 2.14. The summed E-state index contributed by atoms with van der Waals surface area (Å²) >= 11 is 1.63. The van der Waals surface area contributed by atoms with Crippen LogP contribution in [0.5, 0.6) is 0 Å². The molecule has 0 spiro atoms. The first kappa shape index (κ1) is 11.8. The van der Waals surface area contributed by atoms with E-state index in [1.807, 2.05) is 11.4 Å². The van der Waals surface area contributed by atoms with Crippen molar-refractivity contribution in [3.8, 4) is 0 Å². The molecule has 0 atom stereocenters. The average molecular weight is 263 g/mol. The summed E-state index contributed by atoms with van der Waals surface area (Å²) in [5.74, 6) is 7.12. The highest BCUT2D eigenvalue weighted by atomic mass is 32.1. The number of rotatable bonds is 3. The number of likely N-dealkylation sites (tertiary alicyclic amines) is 1. The Balaban J connectivity index is 1.86. The molecule has 0 aliphatic carbocycles. The minimum absolute atomic E-state index is 0.730. The molecule has 6 heteroatoms. The van der Waals surface area contributed by atoms with Crippen molar-refractivity contribution in [2.24, 2.45) is 5.84 Å².